The molecule has 1 fully saturated rings. The van der Waals surface area contributed by atoms with Gasteiger partial charge in [0.2, 0.25) is 15.9 Å². The monoisotopic (exact) mass is 415 g/mol. The van der Waals surface area contributed by atoms with Gasteiger partial charge in [0.15, 0.2) is 0 Å². The Morgan fingerprint density at radius 1 is 1.03 bits per heavy atom. The number of hydrogen-bond acceptors (Lipinski definition) is 4. The Labute approximate surface area is 173 Å². The first-order valence-corrected chi connectivity index (χ1v) is 11.5. The maximum absolute atomic E-state index is 13.4. The highest BCUT2D eigenvalue weighted by Crippen LogP contribution is 2.22. The Morgan fingerprint density at radius 3 is 2.28 bits per heavy atom. The highest BCUT2D eigenvalue weighted by Gasteiger charge is 2.30. The summed E-state index contributed by atoms with van der Waals surface area (Å²) in [6.45, 7) is 6.52. The molecule has 0 saturated carbocycles. The summed E-state index contributed by atoms with van der Waals surface area (Å²) in [6, 6.07) is 14.8. The average molecular weight is 416 g/mol. The summed E-state index contributed by atoms with van der Waals surface area (Å²) in [6.07, 6.45) is 0.924. The number of nitrogens with one attached hydrogen (secondary N) is 1. The van der Waals surface area contributed by atoms with Crippen LogP contribution in [0.2, 0.25) is 0 Å². The number of amides is 1. The molecule has 0 radical (unpaired) electrons. The summed E-state index contributed by atoms with van der Waals surface area (Å²) in [5.41, 5.74) is 2.74. The van der Waals surface area contributed by atoms with Gasteiger partial charge in [-0.2, -0.15) is 4.31 Å². The largest absolute Gasteiger partial charge is 0.339 e. The predicted octanol–water partition coefficient (Wildman–Crippen LogP) is 2.18. The van der Waals surface area contributed by atoms with Gasteiger partial charge in [-0.1, -0.05) is 49.4 Å². The first kappa shape index (κ1) is 21.5. The lowest BCUT2D eigenvalue weighted by Gasteiger charge is -2.30. The summed E-state index contributed by atoms with van der Waals surface area (Å²) < 4.78 is 28.2. The third kappa shape index (κ3) is 5.23. The Bertz CT molecular complexity index is 936. The van der Waals surface area contributed by atoms with Crippen LogP contribution < -0.4 is 5.32 Å². The predicted molar refractivity (Wildman–Crippen MR) is 114 cm³/mol. The first-order chi connectivity index (χ1) is 13.9. The van der Waals surface area contributed by atoms with Gasteiger partial charge in [0.05, 0.1) is 11.4 Å². The molecular formula is C22H29N3O3S. The molecule has 156 valence electrons. The van der Waals surface area contributed by atoms with Crippen molar-refractivity contribution in [3.63, 3.8) is 0 Å². The number of carbonyl (C=O) groups excluding carboxylic acids is 1. The van der Waals surface area contributed by atoms with Crippen LogP contribution in [0.4, 0.5) is 0 Å². The van der Waals surface area contributed by atoms with Crippen molar-refractivity contribution in [1.82, 2.24) is 14.5 Å². The van der Waals surface area contributed by atoms with Crippen LogP contribution in [-0.2, 0) is 27.8 Å². The number of carbonyl (C=O) groups is 1. The molecule has 0 spiro atoms. The molecule has 7 heteroatoms. The molecule has 0 atom stereocenters. The fourth-order valence-electron chi connectivity index (χ4n) is 3.46. The summed E-state index contributed by atoms with van der Waals surface area (Å²) in [5, 5.41) is 3.21. The second-order valence-electron chi connectivity index (χ2n) is 7.34. The van der Waals surface area contributed by atoms with E-state index in [0.717, 1.165) is 25.1 Å². The molecule has 2 aromatic carbocycles. The molecule has 6 nitrogen and oxygen atoms in total. The average Bonchev–Trinajstić information content (AvgIpc) is 2.74. The highest BCUT2D eigenvalue weighted by molar-refractivity contribution is 7.89. The van der Waals surface area contributed by atoms with E-state index in [9.17, 15) is 13.2 Å². The van der Waals surface area contributed by atoms with E-state index in [0.29, 0.717) is 18.7 Å². The smallest absolute Gasteiger partial charge is 0.244 e. The van der Waals surface area contributed by atoms with Crippen molar-refractivity contribution >= 4 is 15.9 Å². The van der Waals surface area contributed by atoms with Crippen LogP contribution in [0.1, 0.15) is 23.6 Å². The second kappa shape index (κ2) is 9.52. The van der Waals surface area contributed by atoms with Gasteiger partial charge < -0.3 is 10.2 Å². The summed E-state index contributed by atoms with van der Waals surface area (Å²) >= 11 is 0. The van der Waals surface area contributed by atoms with E-state index >= 15 is 0 Å². The van der Waals surface area contributed by atoms with Gasteiger partial charge in [0.25, 0.3) is 0 Å². The Balaban J connectivity index is 1.89. The zero-order valence-corrected chi connectivity index (χ0v) is 17.9. The molecule has 1 saturated heterocycles. The molecule has 2 aromatic rings. The van der Waals surface area contributed by atoms with E-state index in [-0.39, 0.29) is 23.9 Å². The minimum absolute atomic E-state index is 0.158. The molecular weight excluding hydrogens is 386 g/mol. The van der Waals surface area contributed by atoms with Gasteiger partial charge in [-0.25, -0.2) is 8.42 Å². The molecule has 1 aliphatic heterocycles. The van der Waals surface area contributed by atoms with Crippen molar-refractivity contribution in [3.8, 4) is 0 Å². The summed E-state index contributed by atoms with van der Waals surface area (Å²) in [4.78, 5) is 14.8. The number of sulfonamides is 1. The van der Waals surface area contributed by atoms with Crippen LogP contribution in [0.25, 0.3) is 0 Å². The number of aryl methyl sites for hydroxylation is 2. The fourth-order valence-corrected chi connectivity index (χ4v) is 5.06. The minimum atomic E-state index is -3.81. The second-order valence-corrected chi connectivity index (χ2v) is 9.25. The molecule has 3 rings (SSSR count). The lowest BCUT2D eigenvalue weighted by Crippen LogP contribution is -2.50. The Morgan fingerprint density at radius 2 is 1.66 bits per heavy atom. The Kier molecular flexibility index (Phi) is 7.05. The van der Waals surface area contributed by atoms with E-state index < -0.39 is 10.0 Å². The third-order valence-electron chi connectivity index (χ3n) is 5.28. The normalized spacial score (nSPS) is 14.9. The number of piperazine rings is 1. The SMILES string of the molecule is CCc1ccc(CN(CC(=O)N2CCNCC2)S(=O)(=O)c2ccccc2C)cc1. The van der Waals surface area contributed by atoms with Gasteiger partial charge in [0, 0.05) is 32.7 Å². The van der Waals surface area contributed by atoms with E-state index in [1.165, 1.54) is 9.87 Å². The van der Waals surface area contributed by atoms with Crippen LogP contribution in [0.5, 0.6) is 0 Å². The molecule has 1 amide bonds. The van der Waals surface area contributed by atoms with Crippen molar-refractivity contribution in [2.45, 2.75) is 31.7 Å². The number of rotatable bonds is 7. The summed E-state index contributed by atoms with van der Waals surface area (Å²) in [5.74, 6) is -0.158. The van der Waals surface area contributed by atoms with Crippen LogP contribution >= 0.6 is 0 Å². The van der Waals surface area contributed by atoms with Gasteiger partial charge in [-0.05, 0) is 36.1 Å². The van der Waals surface area contributed by atoms with Gasteiger partial charge in [0.1, 0.15) is 0 Å². The van der Waals surface area contributed by atoms with E-state index in [1.54, 1.807) is 30.0 Å². The lowest BCUT2D eigenvalue weighted by molar-refractivity contribution is -0.132. The highest BCUT2D eigenvalue weighted by atomic mass is 32.2. The van der Waals surface area contributed by atoms with Gasteiger partial charge in [-0.3, -0.25) is 4.79 Å². The molecule has 1 heterocycles. The van der Waals surface area contributed by atoms with Crippen LogP contribution in [0.15, 0.2) is 53.4 Å². The van der Waals surface area contributed by atoms with Gasteiger partial charge in [-0.15, -0.1) is 0 Å². The molecule has 1 aliphatic rings. The fraction of sp³-hybridized carbons (Fsp3) is 0.409. The number of nitrogens with zero attached hydrogens (tertiary/aromatic N) is 2. The molecule has 0 aromatic heterocycles. The molecule has 29 heavy (non-hydrogen) atoms. The third-order valence-corrected chi connectivity index (χ3v) is 7.23. The van der Waals surface area contributed by atoms with Crippen molar-refractivity contribution in [2.75, 3.05) is 32.7 Å². The van der Waals surface area contributed by atoms with E-state index in [1.807, 2.05) is 30.3 Å². The maximum atomic E-state index is 13.4. The van der Waals surface area contributed by atoms with Crippen LogP contribution in [-0.4, -0.2) is 56.3 Å². The Hall–Kier alpha value is -2.22. The van der Waals surface area contributed by atoms with E-state index in [4.69, 9.17) is 0 Å². The zero-order chi connectivity index (χ0) is 20.9. The molecule has 0 aliphatic carbocycles. The summed E-state index contributed by atoms with van der Waals surface area (Å²) in [7, 11) is -3.81. The number of hydrogen-bond donors (Lipinski definition) is 1. The van der Waals surface area contributed by atoms with Crippen molar-refractivity contribution in [2.24, 2.45) is 0 Å². The van der Waals surface area contributed by atoms with E-state index in [2.05, 4.69) is 12.2 Å². The number of benzene rings is 2. The van der Waals surface area contributed by atoms with Crippen LogP contribution in [0, 0.1) is 6.92 Å². The molecule has 0 unspecified atom stereocenters. The molecule has 0 bridgehead atoms. The lowest BCUT2D eigenvalue weighted by atomic mass is 10.1. The topological polar surface area (TPSA) is 69.7 Å². The zero-order valence-electron chi connectivity index (χ0n) is 17.1. The van der Waals surface area contributed by atoms with Crippen molar-refractivity contribution in [1.29, 1.82) is 0 Å². The van der Waals surface area contributed by atoms with Crippen LogP contribution in [0.3, 0.4) is 0 Å². The van der Waals surface area contributed by atoms with Crippen molar-refractivity contribution in [3.05, 3.63) is 65.2 Å². The first-order valence-electron chi connectivity index (χ1n) is 10.0. The van der Waals surface area contributed by atoms with Crippen molar-refractivity contribution < 1.29 is 13.2 Å². The molecule has 1 N–H and O–H groups in total. The standard InChI is InChI=1S/C22H29N3O3S/c1-3-19-8-10-20(11-9-19)16-25(17-22(26)24-14-12-23-13-15-24)29(27,28)21-7-5-4-6-18(21)2/h4-11,23H,3,12-17H2,1-2H3. The maximum Gasteiger partial charge on any atom is 0.244 e. The minimum Gasteiger partial charge on any atom is -0.339 e. The van der Waals surface area contributed by atoms with Gasteiger partial charge >= 0.3 is 0 Å². The quantitative estimate of drug-likeness (QED) is 0.753.